The molecule has 7 nitrogen and oxygen atoms in total. The first kappa shape index (κ1) is 10.8. The van der Waals surface area contributed by atoms with Crippen LogP contribution in [0.15, 0.2) is 24.5 Å². The molecule has 0 saturated carbocycles. The summed E-state index contributed by atoms with van der Waals surface area (Å²) in [6, 6.07) is 3.81. The summed E-state index contributed by atoms with van der Waals surface area (Å²) in [4.78, 5) is 16.3. The fourth-order valence-corrected chi connectivity index (χ4v) is 1.73. The lowest BCUT2D eigenvalue weighted by Crippen LogP contribution is -2.49. The van der Waals surface area contributed by atoms with Crippen LogP contribution < -0.4 is 10.7 Å². The van der Waals surface area contributed by atoms with Crippen molar-refractivity contribution in [3.8, 4) is 0 Å². The molecule has 1 aliphatic heterocycles. The van der Waals surface area contributed by atoms with Gasteiger partial charge in [0.15, 0.2) is 11.3 Å². The van der Waals surface area contributed by atoms with Gasteiger partial charge < -0.3 is 0 Å². The molecule has 2 rings (SSSR count). The monoisotopic (exact) mass is 223 g/mol. The van der Waals surface area contributed by atoms with Crippen molar-refractivity contribution in [3.63, 3.8) is 0 Å². The molecule has 7 heteroatoms. The van der Waals surface area contributed by atoms with Crippen molar-refractivity contribution in [1.29, 1.82) is 0 Å². The van der Waals surface area contributed by atoms with E-state index in [2.05, 4.69) is 15.7 Å². The Morgan fingerprint density at radius 2 is 2.62 bits per heavy atom. The highest BCUT2D eigenvalue weighted by molar-refractivity contribution is 5.08. The topological polar surface area (TPSA) is 83.3 Å². The van der Waals surface area contributed by atoms with Gasteiger partial charge >= 0.3 is 0 Å². The van der Waals surface area contributed by atoms with Crippen LogP contribution >= 0.6 is 0 Å². The molecule has 0 radical (unpaired) electrons. The molecule has 0 aromatic carbocycles. The molecule has 0 spiro atoms. The average Bonchev–Trinajstić information content (AvgIpc) is 2.66. The molecule has 86 valence electrons. The lowest BCUT2D eigenvalue weighted by atomic mass is 10.3. The number of rotatable bonds is 4. The predicted molar refractivity (Wildman–Crippen MR) is 56.6 cm³/mol. The fraction of sp³-hybridized carbons (Fsp3) is 0.444. The first-order valence-corrected chi connectivity index (χ1v) is 5.02. The van der Waals surface area contributed by atoms with Gasteiger partial charge in [-0.05, 0) is 11.6 Å². The maximum Gasteiger partial charge on any atom is 0.192 e. The second-order valence-electron chi connectivity index (χ2n) is 3.57. The zero-order valence-electron chi connectivity index (χ0n) is 8.67. The Hall–Kier alpha value is -1.73. The van der Waals surface area contributed by atoms with Gasteiger partial charge in [0.2, 0.25) is 0 Å². The van der Waals surface area contributed by atoms with E-state index in [1.54, 1.807) is 12.4 Å². The molecule has 2 heterocycles. The predicted octanol–water partition coefficient (Wildman–Crippen LogP) is -0.448. The van der Waals surface area contributed by atoms with E-state index in [0.29, 0.717) is 6.54 Å². The van der Waals surface area contributed by atoms with Gasteiger partial charge in [0, 0.05) is 32.0 Å². The van der Waals surface area contributed by atoms with Crippen molar-refractivity contribution in [2.75, 3.05) is 13.1 Å². The second-order valence-corrected chi connectivity index (χ2v) is 3.57. The number of nitrogens with one attached hydrogen (secondary N) is 2. The molecule has 1 saturated heterocycles. The van der Waals surface area contributed by atoms with Crippen molar-refractivity contribution in [3.05, 3.63) is 40.2 Å². The molecule has 0 bridgehead atoms. The molecule has 0 amide bonds. The Morgan fingerprint density at radius 3 is 3.31 bits per heavy atom. The van der Waals surface area contributed by atoms with E-state index in [0.717, 1.165) is 18.7 Å². The van der Waals surface area contributed by atoms with Crippen LogP contribution in [0.3, 0.4) is 0 Å². The quantitative estimate of drug-likeness (QED) is 0.531. The summed E-state index contributed by atoms with van der Waals surface area (Å²) in [6.45, 7) is 2.17. The SMILES string of the molecule is O=[N+]([O-])NC1NCCN1Cc1cccnc1. The summed E-state index contributed by atoms with van der Waals surface area (Å²) in [5.41, 5.74) is 3.27. The van der Waals surface area contributed by atoms with Crippen molar-refractivity contribution in [2.24, 2.45) is 0 Å². The minimum Gasteiger partial charge on any atom is -0.279 e. The zero-order chi connectivity index (χ0) is 11.4. The molecule has 2 N–H and O–H groups in total. The molecule has 1 fully saturated rings. The number of hydrazine groups is 1. The normalized spacial score (nSPS) is 20.9. The van der Waals surface area contributed by atoms with E-state index >= 15 is 0 Å². The Labute approximate surface area is 92.6 Å². The Morgan fingerprint density at radius 1 is 1.75 bits per heavy atom. The van der Waals surface area contributed by atoms with Crippen molar-refractivity contribution in [1.82, 2.24) is 20.6 Å². The molecule has 1 aliphatic rings. The van der Waals surface area contributed by atoms with Crippen LogP contribution in [-0.4, -0.2) is 34.3 Å². The fourth-order valence-electron chi connectivity index (χ4n) is 1.73. The molecule has 1 aromatic heterocycles. The van der Waals surface area contributed by atoms with E-state index in [1.165, 1.54) is 0 Å². The summed E-state index contributed by atoms with van der Waals surface area (Å²) in [5, 5.41) is 12.9. The van der Waals surface area contributed by atoms with Crippen molar-refractivity contribution < 1.29 is 5.03 Å². The summed E-state index contributed by atoms with van der Waals surface area (Å²) < 4.78 is 0. The lowest BCUT2D eigenvalue weighted by Gasteiger charge is -2.20. The number of nitro groups is 1. The van der Waals surface area contributed by atoms with Gasteiger partial charge in [0.05, 0.1) is 0 Å². The first-order valence-electron chi connectivity index (χ1n) is 5.02. The summed E-state index contributed by atoms with van der Waals surface area (Å²) in [7, 11) is 0. The maximum absolute atomic E-state index is 10.4. The van der Waals surface area contributed by atoms with Gasteiger partial charge in [-0.2, -0.15) is 0 Å². The van der Waals surface area contributed by atoms with Gasteiger partial charge in [-0.1, -0.05) is 6.07 Å². The molecule has 0 aliphatic carbocycles. The van der Waals surface area contributed by atoms with Crippen LogP contribution in [0.4, 0.5) is 0 Å². The summed E-state index contributed by atoms with van der Waals surface area (Å²) in [5.74, 6) is 0. The van der Waals surface area contributed by atoms with Gasteiger partial charge in [-0.3, -0.25) is 15.2 Å². The molecular weight excluding hydrogens is 210 g/mol. The molecular formula is C9H13N5O2. The number of nitrogens with zero attached hydrogens (tertiary/aromatic N) is 3. The Kier molecular flexibility index (Phi) is 3.28. The number of aromatic nitrogens is 1. The van der Waals surface area contributed by atoms with E-state index < -0.39 is 11.3 Å². The minimum atomic E-state index is -0.529. The maximum atomic E-state index is 10.4. The van der Waals surface area contributed by atoms with Crippen LogP contribution in [0.2, 0.25) is 0 Å². The van der Waals surface area contributed by atoms with Gasteiger partial charge in [-0.15, -0.1) is 5.43 Å². The number of hydrogen-bond acceptors (Lipinski definition) is 5. The van der Waals surface area contributed by atoms with Crippen molar-refractivity contribution in [2.45, 2.75) is 12.8 Å². The van der Waals surface area contributed by atoms with Crippen LogP contribution in [0.1, 0.15) is 5.56 Å². The third-order valence-corrected chi connectivity index (χ3v) is 2.44. The van der Waals surface area contributed by atoms with Crippen molar-refractivity contribution >= 4 is 0 Å². The Bertz CT molecular complexity index is 358. The number of pyridine rings is 1. The summed E-state index contributed by atoms with van der Waals surface area (Å²) in [6.07, 6.45) is 3.07. The van der Waals surface area contributed by atoms with Gasteiger partial charge in [0.25, 0.3) is 0 Å². The molecule has 16 heavy (non-hydrogen) atoms. The van der Waals surface area contributed by atoms with Crippen LogP contribution in [0, 0.1) is 10.1 Å². The average molecular weight is 223 g/mol. The van der Waals surface area contributed by atoms with Gasteiger partial charge in [0.1, 0.15) is 0 Å². The summed E-state index contributed by atoms with van der Waals surface area (Å²) >= 11 is 0. The Balaban J connectivity index is 1.96. The first-order chi connectivity index (χ1) is 7.75. The molecule has 1 unspecified atom stereocenters. The van der Waals surface area contributed by atoms with Crippen LogP contribution in [-0.2, 0) is 6.54 Å². The van der Waals surface area contributed by atoms with E-state index in [4.69, 9.17) is 0 Å². The second kappa shape index (κ2) is 4.86. The minimum absolute atomic E-state index is 0.407. The smallest absolute Gasteiger partial charge is 0.192 e. The van der Waals surface area contributed by atoms with Crippen LogP contribution in [0.5, 0.6) is 0 Å². The largest absolute Gasteiger partial charge is 0.279 e. The number of hydrogen-bond donors (Lipinski definition) is 2. The highest BCUT2D eigenvalue weighted by Crippen LogP contribution is 2.07. The van der Waals surface area contributed by atoms with Crippen LogP contribution in [0.25, 0.3) is 0 Å². The highest BCUT2D eigenvalue weighted by Gasteiger charge is 2.26. The van der Waals surface area contributed by atoms with E-state index in [-0.39, 0.29) is 0 Å². The van der Waals surface area contributed by atoms with E-state index in [1.807, 2.05) is 17.0 Å². The van der Waals surface area contributed by atoms with Gasteiger partial charge in [-0.25, -0.2) is 10.1 Å². The molecule has 1 aromatic rings. The lowest BCUT2D eigenvalue weighted by molar-refractivity contribution is -0.556. The zero-order valence-corrected chi connectivity index (χ0v) is 8.67. The van der Waals surface area contributed by atoms with E-state index in [9.17, 15) is 10.1 Å². The third-order valence-electron chi connectivity index (χ3n) is 2.44. The highest BCUT2D eigenvalue weighted by atomic mass is 16.7. The third kappa shape index (κ3) is 2.65. The standard InChI is InChI=1S/C9H13N5O2/c15-14(16)12-9-11-4-5-13(9)7-8-2-1-3-10-6-8/h1-3,6,9,11-12H,4-5,7H2. The molecule has 1 atom stereocenters.